The molecule has 0 bridgehead atoms. The molecule has 6 atom stereocenters. The Bertz CT molecular complexity index is 381. The predicted molar refractivity (Wildman–Crippen MR) is 71.1 cm³/mol. The van der Waals surface area contributed by atoms with E-state index in [-0.39, 0.29) is 13.2 Å². The molecule has 0 aromatic carbocycles. The lowest BCUT2D eigenvalue weighted by Crippen LogP contribution is -2.66. The molecule has 0 spiro atoms. The lowest BCUT2D eigenvalue weighted by Gasteiger charge is -2.45. The molecule has 0 saturated carbocycles. The third-order valence-corrected chi connectivity index (χ3v) is 3.36. The average Bonchev–Trinajstić information content (AvgIpc) is 2.46. The van der Waals surface area contributed by atoms with E-state index in [1.54, 1.807) is 0 Å². The Labute approximate surface area is 121 Å². The molecule has 1 saturated heterocycles. The summed E-state index contributed by atoms with van der Waals surface area (Å²) in [7, 11) is 0. The Hall–Kier alpha value is -1.07. The number of aliphatic hydroxyl groups is 3. The van der Waals surface area contributed by atoms with Crippen LogP contribution >= 0.6 is 0 Å². The number of nitrogens with two attached hydrogens (primary N) is 2. The summed E-state index contributed by atoms with van der Waals surface area (Å²) in [5.74, 6) is -3.65. The van der Waals surface area contributed by atoms with Gasteiger partial charge < -0.3 is 41.4 Å². The lowest BCUT2D eigenvalue weighted by atomic mass is 9.89. The van der Waals surface area contributed by atoms with Gasteiger partial charge in [-0.1, -0.05) is 6.08 Å². The highest BCUT2D eigenvalue weighted by Crippen LogP contribution is 2.32. The van der Waals surface area contributed by atoms with Crippen LogP contribution in [0.1, 0.15) is 6.42 Å². The van der Waals surface area contributed by atoms with Gasteiger partial charge in [-0.15, -0.1) is 6.58 Å². The number of carboxylic acids is 1. The second-order valence-corrected chi connectivity index (χ2v) is 4.88. The first kappa shape index (κ1) is 18.0. The second-order valence-electron chi connectivity index (χ2n) is 4.88. The minimum atomic E-state index is -2.18. The first-order valence-electron chi connectivity index (χ1n) is 6.45. The van der Waals surface area contributed by atoms with Gasteiger partial charge in [-0.05, 0) is 0 Å². The van der Waals surface area contributed by atoms with Crippen LogP contribution < -0.4 is 11.5 Å². The molecule has 0 amide bonds. The van der Waals surface area contributed by atoms with E-state index >= 15 is 0 Å². The molecular weight excluding hydrogens is 284 g/mol. The van der Waals surface area contributed by atoms with Crippen molar-refractivity contribution in [2.24, 2.45) is 11.5 Å². The fraction of sp³-hybridized carbons (Fsp3) is 0.750. The summed E-state index contributed by atoms with van der Waals surface area (Å²) >= 11 is 0. The summed E-state index contributed by atoms with van der Waals surface area (Å²) in [6, 6.07) is -1.10. The van der Waals surface area contributed by atoms with Crippen LogP contribution in [-0.2, 0) is 14.3 Å². The second kappa shape index (κ2) is 7.27. The maximum atomic E-state index is 11.4. The number of hydrogen-bond donors (Lipinski definition) is 6. The molecule has 8 N–H and O–H groups in total. The maximum Gasteiger partial charge on any atom is 0.364 e. The summed E-state index contributed by atoms with van der Waals surface area (Å²) in [6.45, 7) is 2.98. The van der Waals surface area contributed by atoms with Crippen molar-refractivity contribution in [3.63, 3.8) is 0 Å². The topological polar surface area (TPSA) is 168 Å². The summed E-state index contributed by atoms with van der Waals surface area (Å²) in [5, 5.41) is 38.8. The minimum Gasteiger partial charge on any atom is -0.477 e. The fourth-order valence-corrected chi connectivity index (χ4v) is 2.12. The Morgan fingerprint density at radius 3 is 2.67 bits per heavy atom. The summed E-state index contributed by atoms with van der Waals surface area (Å²) < 4.78 is 10.4. The molecular formula is C12H22N2O7. The van der Waals surface area contributed by atoms with Gasteiger partial charge in [0.15, 0.2) is 0 Å². The van der Waals surface area contributed by atoms with Crippen molar-refractivity contribution in [2.45, 2.75) is 42.7 Å². The fourth-order valence-electron chi connectivity index (χ4n) is 2.12. The highest BCUT2D eigenvalue weighted by molar-refractivity contribution is 5.76. The van der Waals surface area contributed by atoms with Crippen molar-refractivity contribution < 1.29 is 34.7 Å². The standard InChI is InChI=1S/C12H22N2O7/c1-2-3-20-12(11(18)19)4-6(15)8(14)10(21-12)9(17)7(16)5-13/h2,6-10,15-17H,1,3-5,13-14H2,(H,18,19). The van der Waals surface area contributed by atoms with Gasteiger partial charge in [-0.2, -0.15) is 0 Å². The molecule has 0 aromatic rings. The average molecular weight is 306 g/mol. The number of carbonyl (C=O) groups is 1. The third-order valence-electron chi connectivity index (χ3n) is 3.36. The Morgan fingerprint density at radius 2 is 2.19 bits per heavy atom. The van der Waals surface area contributed by atoms with E-state index < -0.39 is 48.6 Å². The minimum absolute atomic E-state index is 0.142. The van der Waals surface area contributed by atoms with Gasteiger partial charge in [0.1, 0.15) is 12.2 Å². The normalized spacial score (nSPS) is 36.0. The van der Waals surface area contributed by atoms with Crippen LogP contribution in [0.3, 0.4) is 0 Å². The molecule has 1 aliphatic rings. The van der Waals surface area contributed by atoms with E-state index in [2.05, 4.69) is 6.58 Å². The molecule has 9 nitrogen and oxygen atoms in total. The number of rotatable bonds is 7. The van der Waals surface area contributed by atoms with Crippen LogP contribution in [0.15, 0.2) is 12.7 Å². The summed E-state index contributed by atoms with van der Waals surface area (Å²) in [6.07, 6.45) is -4.70. The Balaban J connectivity index is 3.03. The van der Waals surface area contributed by atoms with Crippen molar-refractivity contribution in [2.75, 3.05) is 13.2 Å². The van der Waals surface area contributed by atoms with Crippen molar-refractivity contribution in [1.29, 1.82) is 0 Å². The molecule has 1 rings (SSSR count). The van der Waals surface area contributed by atoms with Gasteiger partial charge >= 0.3 is 5.97 Å². The van der Waals surface area contributed by atoms with Gasteiger partial charge in [-0.3, -0.25) is 0 Å². The smallest absolute Gasteiger partial charge is 0.364 e. The van der Waals surface area contributed by atoms with Crippen LogP contribution in [-0.4, -0.2) is 75.8 Å². The third kappa shape index (κ3) is 3.77. The van der Waals surface area contributed by atoms with E-state index in [9.17, 15) is 25.2 Å². The van der Waals surface area contributed by atoms with Crippen molar-refractivity contribution in [3.05, 3.63) is 12.7 Å². The molecule has 1 aliphatic heterocycles. The van der Waals surface area contributed by atoms with Gasteiger partial charge in [0.05, 0.1) is 24.9 Å². The number of hydrogen-bond acceptors (Lipinski definition) is 8. The largest absolute Gasteiger partial charge is 0.477 e. The van der Waals surface area contributed by atoms with Crippen molar-refractivity contribution >= 4 is 5.97 Å². The monoisotopic (exact) mass is 306 g/mol. The quantitative estimate of drug-likeness (QED) is 0.271. The van der Waals surface area contributed by atoms with Crippen LogP contribution in [0.4, 0.5) is 0 Å². The van der Waals surface area contributed by atoms with E-state index in [0.29, 0.717) is 0 Å². The molecule has 0 aromatic heterocycles. The molecule has 6 unspecified atom stereocenters. The SMILES string of the molecule is C=CCOC1(C(=O)O)CC(O)C(N)C(C(O)C(O)CN)O1. The maximum absolute atomic E-state index is 11.4. The highest BCUT2D eigenvalue weighted by Gasteiger charge is 2.54. The summed E-state index contributed by atoms with van der Waals surface area (Å²) in [5.41, 5.74) is 10.9. The van der Waals surface area contributed by atoms with Crippen LogP contribution in [0.5, 0.6) is 0 Å². The van der Waals surface area contributed by atoms with E-state index in [1.165, 1.54) is 6.08 Å². The number of carboxylic acid groups (broad SMARTS) is 1. The first-order valence-corrected chi connectivity index (χ1v) is 6.45. The van der Waals surface area contributed by atoms with Crippen LogP contribution in [0.2, 0.25) is 0 Å². The molecule has 21 heavy (non-hydrogen) atoms. The molecule has 0 aliphatic carbocycles. The number of aliphatic hydroxyl groups excluding tert-OH is 3. The van der Waals surface area contributed by atoms with Crippen LogP contribution in [0, 0.1) is 0 Å². The van der Waals surface area contributed by atoms with Crippen molar-refractivity contribution in [1.82, 2.24) is 0 Å². The van der Waals surface area contributed by atoms with Crippen molar-refractivity contribution in [3.8, 4) is 0 Å². The Morgan fingerprint density at radius 1 is 1.57 bits per heavy atom. The number of ether oxygens (including phenoxy) is 2. The first-order chi connectivity index (χ1) is 9.79. The number of aliphatic carboxylic acids is 1. The van der Waals surface area contributed by atoms with E-state index in [4.69, 9.17) is 20.9 Å². The van der Waals surface area contributed by atoms with E-state index in [0.717, 1.165) is 0 Å². The zero-order valence-electron chi connectivity index (χ0n) is 11.5. The highest BCUT2D eigenvalue weighted by atomic mass is 16.7. The molecule has 0 radical (unpaired) electrons. The zero-order chi connectivity index (χ0) is 16.2. The molecule has 122 valence electrons. The molecule has 1 fully saturated rings. The van der Waals surface area contributed by atoms with Crippen LogP contribution in [0.25, 0.3) is 0 Å². The zero-order valence-corrected chi connectivity index (χ0v) is 11.5. The van der Waals surface area contributed by atoms with Gasteiger partial charge in [0.25, 0.3) is 5.79 Å². The van der Waals surface area contributed by atoms with E-state index in [1.807, 2.05) is 0 Å². The van der Waals surface area contributed by atoms with Gasteiger partial charge in [0, 0.05) is 13.0 Å². The van der Waals surface area contributed by atoms with Gasteiger partial charge in [0.2, 0.25) is 0 Å². The molecule has 1 heterocycles. The van der Waals surface area contributed by atoms with Gasteiger partial charge in [-0.25, -0.2) is 4.79 Å². The predicted octanol–water partition coefficient (Wildman–Crippen LogP) is -2.87. The Kier molecular flexibility index (Phi) is 6.23. The lowest BCUT2D eigenvalue weighted by molar-refractivity contribution is -0.305. The summed E-state index contributed by atoms with van der Waals surface area (Å²) in [4.78, 5) is 11.4. The molecule has 9 heteroatoms.